The van der Waals surface area contributed by atoms with Crippen LogP contribution in [0, 0.1) is 0 Å². The molecule has 0 radical (unpaired) electrons. The van der Waals surface area contributed by atoms with E-state index in [0.717, 1.165) is 4.90 Å². The second kappa shape index (κ2) is 9.01. The zero-order chi connectivity index (χ0) is 21.9. The zero-order valence-corrected chi connectivity index (χ0v) is 18.2. The predicted octanol–water partition coefficient (Wildman–Crippen LogP) is 3.51. The Hall–Kier alpha value is -2.65. The number of nitrogens with one attached hydrogen (secondary N) is 2. The number of benzene rings is 2. The molecule has 0 fully saturated rings. The number of fused-ring (bicyclic) bond motifs is 1. The van der Waals surface area contributed by atoms with E-state index in [1.165, 1.54) is 30.8 Å². The van der Waals surface area contributed by atoms with Crippen molar-refractivity contribution in [1.82, 2.24) is 0 Å². The minimum absolute atomic E-state index is 0.0655. The van der Waals surface area contributed by atoms with Crippen LogP contribution in [0.25, 0.3) is 0 Å². The van der Waals surface area contributed by atoms with Crippen LogP contribution in [0.2, 0.25) is 0 Å². The van der Waals surface area contributed by atoms with Crippen LogP contribution in [-0.4, -0.2) is 37.0 Å². The van der Waals surface area contributed by atoms with E-state index in [4.69, 9.17) is 0 Å². The summed E-state index contributed by atoms with van der Waals surface area (Å²) >= 11 is 1.41. The van der Waals surface area contributed by atoms with Gasteiger partial charge in [0.25, 0.3) is 0 Å². The van der Waals surface area contributed by atoms with E-state index in [2.05, 4.69) is 10.6 Å². The molecule has 1 aliphatic rings. The van der Waals surface area contributed by atoms with Crippen LogP contribution < -0.4 is 10.6 Å². The average Bonchev–Trinajstić information content (AvgIpc) is 2.71. The van der Waals surface area contributed by atoms with Gasteiger partial charge in [-0.05, 0) is 55.8 Å². The van der Waals surface area contributed by atoms with E-state index in [9.17, 15) is 22.8 Å². The third kappa shape index (κ3) is 5.09. The lowest BCUT2D eigenvalue weighted by molar-refractivity contribution is -0.116. The van der Waals surface area contributed by atoms with Gasteiger partial charge in [-0.15, -0.1) is 11.8 Å². The maximum absolute atomic E-state index is 12.7. The summed E-state index contributed by atoms with van der Waals surface area (Å²) in [4.78, 5) is 36.4. The Kier molecular flexibility index (Phi) is 6.62. The van der Waals surface area contributed by atoms with Crippen molar-refractivity contribution in [2.24, 2.45) is 0 Å². The lowest BCUT2D eigenvalue weighted by atomic mass is 10.1. The van der Waals surface area contributed by atoms with Crippen LogP contribution in [0.3, 0.4) is 0 Å². The molecular weight excluding hydrogens is 424 g/mol. The Morgan fingerprint density at radius 3 is 2.47 bits per heavy atom. The maximum atomic E-state index is 12.7. The Balaban J connectivity index is 1.64. The Morgan fingerprint density at radius 2 is 1.83 bits per heavy atom. The molecule has 9 heteroatoms. The fraction of sp³-hybridized carbons (Fsp3) is 0.286. The number of sulfone groups is 1. The van der Waals surface area contributed by atoms with E-state index >= 15 is 0 Å². The highest BCUT2D eigenvalue weighted by molar-refractivity contribution is 8.01. The van der Waals surface area contributed by atoms with E-state index in [1.807, 2.05) is 6.92 Å². The van der Waals surface area contributed by atoms with Gasteiger partial charge in [0, 0.05) is 22.6 Å². The molecule has 0 spiro atoms. The van der Waals surface area contributed by atoms with Gasteiger partial charge in [0.1, 0.15) is 0 Å². The number of rotatable bonds is 7. The molecule has 0 saturated heterocycles. The first-order valence-corrected chi connectivity index (χ1v) is 12.0. The molecule has 0 saturated carbocycles. The smallest absolute Gasteiger partial charge is 0.237 e. The number of thioether (sulfide) groups is 1. The molecule has 2 aromatic rings. The molecule has 1 aliphatic heterocycles. The standard InChI is InChI=1S/C21H22N2O5S2/c1-3-18-21(26)23-17-12-16(8-9-19(17)29-18)30(27,28)11-10-20(25)22-15-6-4-14(5-7-15)13(2)24/h4-9,12,18H,3,10-11H2,1-2H3,(H,22,25)(H,23,26)/t18-/m0/s1. The quantitative estimate of drug-likeness (QED) is 0.630. The molecule has 0 aliphatic carbocycles. The van der Waals surface area contributed by atoms with Gasteiger partial charge in [-0.3, -0.25) is 14.4 Å². The molecular formula is C21H22N2O5S2. The number of anilines is 2. The highest BCUT2D eigenvalue weighted by atomic mass is 32.2. The minimum Gasteiger partial charge on any atom is -0.326 e. The van der Waals surface area contributed by atoms with Gasteiger partial charge in [0.15, 0.2) is 15.6 Å². The summed E-state index contributed by atoms with van der Waals surface area (Å²) in [6, 6.07) is 11.0. The fourth-order valence-corrected chi connectivity index (χ4v) is 5.23. The van der Waals surface area contributed by atoms with Crippen LogP contribution in [0.4, 0.5) is 11.4 Å². The van der Waals surface area contributed by atoms with Gasteiger partial charge < -0.3 is 10.6 Å². The van der Waals surface area contributed by atoms with E-state index in [0.29, 0.717) is 23.4 Å². The van der Waals surface area contributed by atoms with Crippen molar-refractivity contribution in [1.29, 1.82) is 0 Å². The van der Waals surface area contributed by atoms with Gasteiger partial charge in [0.2, 0.25) is 11.8 Å². The largest absolute Gasteiger partial charge is 0.326 e. The number of carbonyl (C=O) groups is 3. The van der Waals surface area contributed by atoms with Crippen molar-refractivity contribution >= 4 is 50.6 Å². The summed E-state index contributed by atoms with van der Waals surface area (Å²) in [5.41, 5.74) is 1.49. The van der Waals surface area contributed by atoms with Crippen LogP contribution >= 0.6 is 11.8 Å². The Labute approximate surface area is 179 Å². The average molecular weight is 447 g/mol. The van der Waals surface area contributed by atoms with Crippen LogP contribution in [0.1, 0.15) is 37.0 Å². The van der Waals surface area contributed by atoms with Crippen molar-refractivity contribution in [2.45, 2.75) is 41.7 Å². The van der Waals surface area contributed by atoms with Crippen molar-refractivity contribution in [3.05, 3.63) is 48.0 Å². The van der Waals surface area contributed by atoms with Crippen LogP contribution in [-0.2, 0) is 19.4 Å². The van der Waals surface area contributed by atoms with E-state index in [-0.39, 0.29) is 34.0 Å². The summed E-state index contributed by atoms with van der Waals surface area (Å²) in [7, 11) is -3.70. The third-order valence-corrected chi connectivity index (χ3v) is 7.83. The van der Waals surface area contributed by atoms with Crippen molar-refractivity contribution in [3.8, 4) is 0 Å². The number of hydrogen-bond acceptors (Lipinski definition) is 6. The molecule has 3 rings (SSSR count). The topological polar surface area (TPSA) is 109 Å². The first-order valence-electron chi connectivity index (χ1n) is 9.45. The van der Waals surface area contributed by atoms with Gasteiger partial charge >= 0.3 is 0 Å². The highest BCUT2D eigenvalue weighted by Crippen LogP contribution is 2.38. The second-order valence-electron chi connectivity index (χ2n) is 6.91. The summed E-state index contributed by atoms with van der Waals surface area (Å²) in [6.07, 6.45) is 0.468. The van der Waals surface area contributed by atoms with Gasteiger partial charge in [0.05, 0.1) is 21.6 Å². The number of ketones is 1. The summed E-state index contributed by atoms with van der Waals surface area (Å²) in [5.74, 6) is -1.02. The molecule has 30 heavy (non-hydrogen) atoms. The molecule has 2 aromatic carbocycles. The Morgan fingerprint density at radius 1 is 1.13 bits per heavy atom. The van der Waals surface area contributed by atoms with Crippen molar-refractivity contribution in [2.75, 3.05) is 16.4 Å². The van der Waals surface area contributed by atoms with Gasteiger partial charge in [-0.2, -0.15) is 0 Å². The second-order valence-corrected chi connectivity index (χ2v) is 10.3. The van der Waals surface area contributed by atoms with E-state index in [1.54, 1.807) is 30.3 Å². The van der Waals surface area contributed by atoms with Gasteiger partial charge in [-0.1, -0.05) is 6.92 Å². The molecule has 7 nitrogen and oxygen atoms in total. The Bertz CT molecular complexity index is 1090. The lowest BCUT2D eigenvalue weighted by Crippen LogP contribution is -2.28. The fourth-order valence-electron chi connectivity index (χ4n) is 2.95. The third-order valence-electron chi connectivity index (χ3n) is 4.67. The van der Waals surface area contributed by atoms with E-state index < -0.39 is 15.7 Å². The van der Waals surface area contributed by atoms with Crippen LogP contribution in [0.15, 0.2) is 52.3 Å². The lowest BCUT2D eigenvalue weighted by Gasteiger charge is -2.23. The van der Waals surface area contributed by atoms with Crippen molar-refractivity contribution in [3.63, 3.8) is 0 Å². The zero-order valence-electron chi connectivity index (χ0n) is 16.6. The molecule has 0 unspecified atom stereocenters. The first-order chi connectivity index (χ1) is 14.2. The highest BCUT2D eigenvalue weighted by Gasteiger charge is 2.27. The number of hydrogen-bond donors (Lipinski definition) is 2. The molecule has 1 heterocycles. The SMILES string of the molecule is CC[C@@H]1Sc2ccc(S(=O)(=O)CCC(=O)Nc3ccc(C(C)=O)cc3)cc2NC1=O. The number of amides is 2. The predicted molar refractivity (Wildman–Crippen MR) is 117 cm³/mol. The molecule has 2 amide bonds. The monoisotopic (exact) mass is 446 g/mol. The minimum atomic E-state index is -3.70. The molecule has 158 valence electrons. The number of carbonyl (C=O) groups excluding carboxylic acids is 3. The molecule has 2 N–H and O–H groups in total. The molecule has 1 atom stereocenters. The first kappa shape index (κ1) is 22.0. The normalized spacial score (nSPS) is 15.8. The van der Waals surface area contributed by atoms with Gasteiger partial charge in [-0.25, -0.2) is 8.42 Å². The van der Waals surface area contributed by atoms with Crippen molar-refractivity contribution < 1.29 is 22.8 Å². The summed E-state index contributed by atoms with van der Waals surface area (Å²) in [5, 5.41) is 5.19. The molecule has 0 aromatic heterocycles. The van der Waals surface area contributed by atoms with Crippen LogP contribution in [0.5, 0.6) is 0 Å². The number of Topliss-reactive ketones (excluding diaryl/α,β-unsaturated/α-hetero) is 1. The summed E-state index contributed by atoms with van der Waals surface area (Å²) < 4.78 is 25.3. The summed E-state index contributed by atoms with van der Waals surface area (Å²) in [6.45, 7) is 3.37. The maximum Gasteiger partial charge on any atom is 0.237 e. The molecule has 0 bridgehead atoms.